The maximum Gasteiger partial charge on any atom is 0.416 e. The van der Waals surface area contributed by atoms with E-state index in [2.05, 4.69) is 4.72 Å². The smallest absolute Gasteiger partial charge is 0.283 e. The fraction of sp³-hybridized carbons (Fsp3) is 0.400. The Labute approximate surface area is 96.7 Å². The van der Waals surface area contributed by atoms with Gasteiger partial charge in [-0.2, -0.15) is 13.2 Å². The van der Waals surface area contributed by atoms with Gasteiger partial charge in [-0.3, -0.25) is 4.72 Å². The standard InChI is InChI=1S/C10H10F3NO2S/c11-10(12,13)7-2-1-3-8(6-7)14-17(15,16)9-4-5-9/h1-3,6,9,14H,4-5H2. The fourth-order valence-corrected chi connectivity index (χ4v) is 2.76. The van der Waals surface area contributed by atoms with E-state index >= 15 is 0 Å². The Bertz CT molecular complexity index is 521. The van der Waals surface area contributed by atoms with Crippen LogP contribution in [0.15, 0.2) is 24.3 Å². The SMILES string of the molecule is O=S(=O)(Nc1cccc(C(F)(F)F)c1)C1CC1. The van der Waals surface area contributed by atoms with E-state index in [0.717, 1.165) is 12.1 Å². The highest BCUT2D eigenvalue weighted by Gasteiger charge is 2.36. The molecule has 1 aliphatic rings. The summed E-state index contributed by atoms with van der Waals surface area (Å²) < 4.78 is 62.4. The van der Waals surface area contributed by atoms with E-state index < -0.39 is 27.0 Å². The molecule has 0 bridgehead atoms. The number of halogens is 3. The van der Waals surface area contributed by atoms with Crippen molar-refractivity contribution in [3.8, 4) is 0 Å². The normalized spacial score (nSPS) is 16.9. The summed E-state index contributed by atoms with van der Waals surface area (Å²) in [5, 5.41) is -0.461. The quantitative estimate of drug-likeness (QED) is 0.913. The molecule has 1 fully saturated rings. The molecule has 0 aromatic heterocycles. The van der Waals surface area contributed by atoms with E-state index in [1.807, 2.05) is 0 Å². The van der Waals surface area contributed by atoms with Crippen LogP contribution in [-0.4, -0.2) is 13.7 Å². The highest BCUT2D eigenvalue weighted by Crippen LogP contribution is 2.33. The third-order valence-electron chi connectivity index (χ3n) is 2.41. The molecule has 1 aromatic carbocycles. The zero-order valence-electron chi connectivity index (χ0n) is 8.66. The summed E-state index contributed by atoms with van der Waals surface area (Å²) >= 11 is 0. The summed E-state index contributed by atoms with van der Waals surface area (Å²) in [6, 6.07) is 4.16. The zero-order chi connectivity index (χ0) is 12.7. The molecular formula is C10H10F3NO2S. The lowest BCUT2D eigenvalue weighted by Crippen LogP contribution is -2.17. The van der Waals surface area contributed by atoms with E-state index in [9.17, 15) is 21.6 Å². The molecule has 3 nitrogen and oxygen atoms in total. The van der Waals surface area contributed by atoms with Gasteiger partial charge in [-0.1, -0.05) is 6.07 Å². The average molecular weight is 265 g/mol. The van der Waals surface area contributed by atoms with Crippen LogP contribution in [0.2, 0.25) is 0 Å². The van der Waals surface area contributed by atoms with E-state index in [0.29, 0.717) is 12.8 Å². The van der Waals surface area contributed by atoms with Crippen LogP contribution in [-0.2, 0) is 16.2 Å². The molecule has 0 atom stereocenters. The number of nitrogens with one attached hydrogen (secondary N) is 1. The average Bonchev–Trinajstić information content (AvgIpc) is 2.99. The van der Waals surface area contributed by atoms with Crippen molar-refractivity contribution in [3.05, 3.63) is 29.8 Å². The molecule has 0 unspecified atom stereocenters. The summed E-state index contributed by atoms with van der Waals surface area (Å²) in [4.78, 5) is 0. The Morgan fingerprint density at radius 1 is 1.24 bits per heavy atom. The molecule has 0 radical (unpaired) electrons. The van der Waals surface area contributed by atoms with Crippen molar-refractivity contribution in [3.63, 3.8) is 0 Å². The van der Waals surface area contributed by atoms with Gasteiger partial charge < -0.3 is 0 Å². The predicted molar refractivity (Wildman–Crippen MR) is 57.0 cm³/mol. The molecule has 1 N–H and O–H groups in total. The Kier molecular flexibility index (Phi) is 2.81. The van der Waals surface area contributed by atoms with Gasteiger partial charge in [0, 0.05) is 5.69 Å². The fourth-order valence-electron chi connectivity index (χ4n) is 1.38. The molecule has 0 amide bonds. The summed E-state index contributed by atoms with van der Waals surface area (Å²) in [6.45, 7) is 0. The van der Waals surface area contributed by atoms with Gasteiger partial charge in [0.15, 0.2) is 0 Å². The van der Waals surface area contributed by atoms with Crippen molar-refractivity contribution in [2.24, 2.45) is 0 Å². The first kappa shape index (κ1) is 12.2. The maximum absolute atomic E-state index is 12.4. The molecule has 0 saturated heterocycles. The van der Waals surface area contributed by atoms with Gasteiger partial charge in [0.25, 0.3) is 0 Å². The molecule has 94 valence electrons. The summed E-state index contributed by atoms with van der Waals surface area (Å²) in [7, 11) is -3.52. The molecule has 7 heteroatoms. The largest absolute Gasteiger partial charge is 0.416 e. The molecule has 0 heterocycles. The predicted octanol–water partition coefficient (Wildman–Crippen LogP) is 2.61. The van der Waals surface area contributed by atoms with E-state index in [4.69, 9.17) is 0 Å². The van der Waals surface area contributed by atoms with Crippen LogP contribution in [0.3, 0.4) is 0 Å². The molecule has 1 saturated carbocycles. The molecule has 0 aliphatic heterocycles. The van der Waals surface area contributed by atoms with Crippen LogP contribution in [0.25, 0.3) is 0 Å². The number of rotatable bonds is 3. The van der Waals surface area contributed by atoms with Crippen LogP contribution in [0, 0.1) is 0 Å². The topological polar surface area (TPSA) is 46.2 Å². The van der Waals surface area contributed by atoms with Crippen molar-refractivity contribution in [2.45, 2.75) is 24.3 Å². The first-order valence-corrected chi connectivity index (χ1v) is 6.52. The first-order chi connectivity index (χ1) is 7.79. The van der Waals surface area contributed by atoms with Crippen molar-refractivity contribution in [1.29, 1.82) is 0 Å². The third kappa shape index (κ3) is 2.91. The summed E-state index contributed by atoms with van der Waals surface area (Å²) in [6.07, 6.45) is -3.34. The minimum Gasteiger partial charge on any atom is -0.283 e. The minimum absolute atomic E-state index is 0.0493. The van der Waals surface area contributed by atoms with Gasteiger partial charge in [0.2, 0.25) is 10.0 Å². The summed E-state index contributed by atoms with van der Waals surface area (Å²) in [5.41, 5.74) is -0.916. The molecule has 1 aromatic rings. The van der Waals surface area contributed by atoms with Crippen molar-refractivity contribution < 1.29 is 21.6 Å². The minimum atomic E-state index is -4.47. The highest BCUT2D eigenvalue weighted by atomic mass is 32.2. The second-order valence-electron chi connectivity index (χ2n) is 3.92. The lowest BCUT2D eigenvalue weighted by molar-refractivity contribution is -0.137. The molecule has 17 heavy (non-hydrogen) atoms. The van der Waals surface area contributed by atoms with Crippen LogP contribution in [0.4, 0.5) is 18.9 Å². The number of anilines is 1. The zero-order valence-corrected chi connectivity index (χ0v) is 9.48. The van der Waals surface area contributed by atoms with Gasteiger partial charge >= 0.3 is 6.18 Å². The van der Waals surface area contributed by atoms with Gasteiger partial charge in [0.1, 0.15) is 0 Å². The van der Waals surface area contributed by atoms with E-state index in [1.54, 1.807) is 0 Å². The first-order valence-electron chi connectivity index (χ1n) is 4.98. The van der Waals surface area contributed by atoms with Crippen LogP contribution in [0.5, 0.6) is 0 Å². The third-order valence-corrected chi connectivity index (χ3v) is 4.28. The van der Waals surface area contributed by atoms with E-state index in [1.165, 1.54) is 12.1 Å². The lowest BCUT2D eigenvalue weighted by atomic mass is 10.2. The van der Waals surface area contributed by atoms with Gasteiger partial charge in [-0.25, -0.2) is 8.42 Å². The van der Waals surface area contributed by atoms with Gasteiger partial charge in [-0.15, -0.1) is 0 Å². The van der Waals surface area contributed by atoms with Crippen molar-refractivity contribution >= 4 is 15.7 Å². The van der Waals surface area contributed by atoms with Gasteiger partial charge in [0.05, 0.1) is 10.8 Å². The molecule has 2 rings (SSSR count). The molecule has 0 spiro atoms. The van der Waals surface area contributed by atoms with Crippen LogP contribution >= 0.6 is 0 Å². The molecular weight excluding hydrogens is 255 g/mol. The maximum atomic E-state index is 12.4. The summed E-state index contributed by atoms with van der Waals surface area (Å²) in [5.74, 6) is 0. The Morgan fingerprint density at radius 3 is 2.41 bits per heavy atom. The lowest BCUT2D eigenvalue weighted by Gasteiger charge is -2.10. The monoisotopic (exact) mass is 265 g/mol. The Morgan fingerprint density at radius 2 is 1.88 bits per heavy atom. The Hall–Kier alpha value is -1.24. The highest BCUT2D eigenvalue weighted by molar-refractivity contribution is 7.93. The number of hydrogen-bond acceptors (Lipinski definition) is 2. The van der Waals surface area contributed by atoms with Crippen molar-refractivity contribution in [2.75, 3.05) is 4.72 Å². The second kappa shape index (κ2) is 3.90. The Balaban J connectivity index is 2.22. The number of sulfonamides is 1. The van der Waals surface area contributed by atoms with Gasteiger partial charge in [-0.05, 0) is 31.0 Å². The van der Waals surface area contributed by atoms with Crippen LogP contribution in [0.1, 0.15) is 18.4 Å². The van der Waals surface area contributed by atoms with E-state index in [-0.39, 0.29) is 5.69 Å². The molecule has 1 aliphatic carbocycles. The number of hydrogen-bond donors (Lipinski definition) is 1. The second-order valence-corrected chi connectivity index (χ2v) is 5.89. The number of alkyl halides is 3. The number of benzene rings is 1. The van der Waals surface area contributed by atoms with Crippen molar-refractivity contribution in [1.82, 2.24) is 0 Å². The van der Waals surface area contributed by atoms with Crippen LogP contribution < -0.4 is 4.72 Å².